The molecule has 8 nitrogen and oxygen atoms in total. The first kappa shape index (κ1) is 30.9. The second kappa shape index (κ2) is 13.4. The first-order valence-electron chi connectivity index (χ1n) is 13.1. The number of amides is 1. The summed E-state index contributed by atoms with van der Waals surface area (Å²) in [6, 6.07) is 2.88. The molecule has 0 saturated carbocycles. The summed E-state index contributed by atoms with van der Waals surface area (Å²) in [7, 11) is 0. The van der Waals surface area contributed by atoms with Crippen LogP contribution in [0.4, 0.5) is 26.3 Å². The number of rotatable bonds is 10. The molecule has 0 radical (unpaired) electrons. The standard InChI is InChI=1S/C27H24ClF6N5O3S/c28-6-1-9-41-20-3-2-15(29)24(30)23(20)21-11-16(37-42-21)18-13-43-27(35-18)14-4-7-38(8-5-14)22(40)12-39-19(26(33)34)10-17(36-39)25(31)32/h1-3,6,10,13-14,21,25-26H,4-5,7-9,11-12H2/b6-1-. The summed E-state index contributed by atoms with van der Waals surface area (Å²) in [5.41, 5.74) is 0.581. The molecule has 1 aromatic carbocycles. The van der Waals surface area contributed by atoms with Gasteiger partial charge in [-0.3, -0.25) is 9.48 Å². The molecule has 1 saturated heterocycles. The van der Waals surface area contributed by atoms with Crippen LogP contribution in [-0.2, 0) is 16.2 Å². The maximum atomic E-state index is 14.8. The van der Waals surface area contributed by atoms with Crippen molar-refractivity contribution in [3.8, 4) is 5.75 Å². The van der Waals surface area contributed by atoms with E-state index >= 15 is 0 Å². The van der Waals surface area contributed by atoms with Gasteiger partial charge in [0.1, 0.15) is 36.0 Å². The molecule has 4 heterocycles. The molecule has 0 spiro atoms. The van der Waals surface area contributed by atoms with E-state index in [0.29, 0.717) is 48.1 Å². The predicted molar refractivity (Wildman–Crippen MR) is 145 cm³/mol. The Labute approximate surface area is 250 Å². The minimum Gasteiger partial charge on any atom is -0.489 e. The van der Waals surface area contributed by atoms with Gasteiger partial charge in [0.15, 0.2) is 17.7 Å². The van der Waals surface area contributed by atoms with E-state index in [1.54, 1.807) is 5.38 Å². The molecule has 1 fully saturated rings. The monoisotopic (exact) mass is 647 g/mol. The summed E-state index contributed by atoms with van der Waals surface area (Å²) in [5.74, 6) is -2.54. The molecule has 43 heavy (non-hydrogen) atoms. The second-order valence-electron chi connectivity index (χ2n) is 9.76. The largest absolute Gasteiger partial charge is 0.489 e. The van der Waals surface area contributed by atoms with Crippen molar-refractivity contribution >= 4 is 34.6 Å². The first-order valence-corrected chi connectivity index (χ1v) is 14.4. The molecular weight excluding hydrogens is 624 g/mol. The summed E-state index contributed by atoms with van der Waals surface area (Å²) in [5, 5.41) is 10.1. The summed E-state index contributed by atoms with van der Waals surface area (Å²) in [4.78, 5) is 24.4. The number of likely N-dealkylation sites (tertiary alicyclic amines) is 1. The van der Waals surface area contributed by atoms with Crippen LogP contribution in [0.15, 0.2) is 40.3 Å². The van der Waals surface area contributed by atoms with Crippen molar-refractivity contribution in [2.45, 2.75) is 50.7 Å². The Hall–Kier alpha value is -3.59. The van der Waals surface area contributed by atoms with Gasteiger partial charge < -0.3 is 14.5 Å². The highest BCUT2D eigenvalue weighted by atomic mass is 35.5. The fourth-order valence-corrected chi connectivity index (χ4v) is 5.98. The van der Waals surface area contributed by atoms with E-state index in [4.69, 9.17) is 21.2 Å². The lowest BCUT2D eigenvalue weighted by Gasteiger charge is -2.31. The number of hydrogen-bond acceptors (Lipinski definition) is 7. The Morgan fingerprint density at radius 2 is 1.95 bits per heavy atom. The van der Waals surface area contributed by atoms with Crippen LogP contribution in [-0.4, -0.2) is 51.0 Å². The molecule has 0 bridgehead atoms. The van der Waals surface area contributed by atoms with Gasteiger partial charge in [0, 0.05) is 36.3 Å². The SMILES string of the molecule is O=C(Cn1nc(C(F)F)cc1C(F)F)N1CCC(c2nc(C3=NOC(c4c(OC/C=C\Cl)ccc(F)c4F)C3)cs2)CC1. The van der Waals surface area contributed by atoms with Crippen molar-refractivity contribution in [3.05, 3.63) is 74.5 Å². The van der Waals surface area contributed by atoms with E-state index in [2.05, 4.69) is 15.2 Å². The Balaban J connectivity index is 1.19. The zero-order valence-electron chi connectivity index (χ0n) is 22.2. The number of oxime groups is 1. The van der Waals surface area contributed by atoms with Gasteiger partial charge >= 0.3 is 0 Å². The molecule has 0 aliphatic carbocycles. The van der Waals surface area contributed by atoms with Crippen LogP contribution in [0, 0.1) is 11.6 Å². The molecule has 230 valence electrons. The fraction of sp³-hybridized carbons (Fsp3) is 0.407. The minimum atomic E-state index is -3.05. The maximum absolute atomic E-state index is 14.8. The van der Waals surface area contributed by atoms with E-state index < -0.39 is 54.4 Å². The van der Waals surface area contributed by atoms with Gasteiger partial charge in [0.2, 0.25) is 5.91 Å². The lowest BCUT2D eigenvalue weighted by molar-refractivity contribution is -0.133. The molecule has 3 aromatic rings. The van der Waals surface area contributed by atoms with Crippen LogP contribution in [0.3, 0.4) is 0 Å². The van der Waals surface area contributed by atoms with Gasteiger partial charge in [-0.05, 0) is 37.1 Å². The number of alkyl halides is 4. The van der Waals surface area contributed by atoms with E-state index in [1.165, 1.54) is 33.9 Å². The fourth-order valence-electron chi connectivity index (χ4n) is 4.90. The lowest BCUT2D eigenvalue weighted by Crippen LogP contribution is -2.40. The molecule has 5 rings (SSSR count). The smallest absolute Gasteiger partial charge is 0.282 e. The maximum Gasteiger partial charge on any atom is 0.282 e. The van der Waals surface area contributed by atoms with E-state index in [0.717, 1.165) is 11.1 Å². The van der Waals surface area contributed by atoms with Crippen LogP contribution in [0.2, 0.25) is 0 Å². The predicted octanol–water partition coefficient (Wildman–Crippen LogP) is 6.90. The molecule has 2 aliphatic heterocycles. The van der Waals surface area contributed by atoms with Crippen LogP contribution < -0.4 is 4.74 Å². The number of nitrogens with zero attached hydrogens (tertiary/aromatic N) is 5. The third-order valence-electron chi connectivity index (χ3n) is 7.08. The minimum absolute atomic E-state index is 0.00365. The Kier molecular flexibility index (Phi) is 9.59. The van der Waals surface area contributed by atoms with Crippen molar-refractivity contribution < 1.29 is 40.7 Å². The number of aromatic nitrogens is 3. The Morgan fingerprint density at radius 3 is 2.65 bits per heavy atom. The number of ether oxygens (including phenoxy) is 1. The number of halogens is 7. The number of carbonyl (C=O) groups excluding carboxylic acids is 1. The second-order valence-corrected chi connectivity index (χ2v) is 10.9. The third-order valence-corrected chi connectivity index (χ3v) is 8.27. The zero-order chi connectivity index (χ0) is 30.7. The topological polar surface area (TPSA) is 81.8 Å². The first-order chi connectivity index (χ1) is 20.7. The molecule has 0 N–H and O–H groups in total. The molecule has 1 unspecified atom stereocenters. The molecule has 1 amide bonds. The molecular formula is C27H24ClF6N5O3S. The zero-order valence-corrected chi connectivity index (χ0v) is 23.8. The molecule has 1 atom stereocenters. The van der Waals surface area contributed by atoms with Gasteiger partial charge in [-0.2, -0.15) is 5.10 Å². The Morgan fingerprint density at radius 1 is 1.19 bits per heavy atom. The highest BCUT2D eigenvalue weighted by molar-refractivity contribution is 7.10. The Bertz CT molecular complexity index is 1520. The number of carbonyl (C=O) groups is 1. The van der Waals surface area contributed by atoms with Gasteiger partial charge in [-0.25, -0.2) is 31.3 Å². The van der Waals surface area contributed by atoms with Crippen LogP contribution in [0.25, 0.3) is 0 Å². The van der Waals surface area contributed by atoms with E-state index in [1.807, 2.05) is 0 Å². The van der Waals surface area contributed by atoms with E-state index in [-0.39, 0.29) is 30.3 Å². The summed E-state index contributed by atoms with van der Waals surface area (Å²) in [6.45, 7) is 0.110. The van der Waals surface area contributed by atoms with Gasteiger partial charge in [-0.15, -0.1) is 11.3 Å². The normalized spacial score (nSPS) is 17.7. The number of hydrogen-bond donors (Lipinski definition) is 0. The van der Waals surface area contributed by atoms with Crippen LogP contribution in [0.5, 0.6) is 5.75 Å². The number of piperidine rings is 1. The molecule has 2 aliphatic rings. The number of benzene rings is 1. The van der Waals surface area contributed by atoms with E-state index in [9.17, 15) is 31.1 Å². The molecule has 16 heteroatoms. The quantitative estimate of drug-likeness (QED) is 0.224. The summed E-state index contributed by atoms with van der Waals surface area (Å²) >= 11 is 6.89. The highest BCUT2D eigenvalue weighted by Gasteiger charge is 2.33. The lowest BCUT2D eigenvalue weighted by atomic mass is 9.97. The summed E-state index contributed by atoms with van der Waals surface area (Å²) < 4.78 is 87.4. The van der Waals surface area contributed by atoms with Crippen LogP contribution in [0.1, 0.15) is 71.8 Å². The third kappa shape index (κ3) is 6.82. The van der Waals surface area contributed by atoms with Crippen molar-refractivity contribution in [2.24, 2.45) is 5.16 Å². The van der Waals surface area contributed by atoms with Crippen LogP contribution >= 0.6 is 22.9 Å². The average molecular weight is 648 g/mol. The highest BCUT2D eigenvalue weighted by Crippen LogP contribution is 2.39. The van der Waals surface area contributed by atoms with Crippen molar-refractivity contribution in [2.75, 3.05) is 19.7 Å². The van der Waals surface area contributed by atoms with Gasteiger partial charge in [-0.1, -0.05) is 16.8 Å². The molecule has 2 aromatic heterocycles. The van der Waals surface area contributed by atoms with Gasteiger partial charge in [0.25, 0.3) is 12.9 Å². The van der Waals surface area contributed by atoms with Crippen molar-refractivity contribution in [1.82, 2.24) is 19.7 Å². The summed E-state index contributed by atoms with van der Waals surface area (Å²) in [6.07, 6.45) is -4.31. The number of thiazole rings is 1. The van der Waals surface area contributed by atoms with Gasteiger partial charge in [0.05, 0.1) is 16.3 Å². The average Bonchev–Trinajstić information content (AvgIpc) is 3.75. The van der Waals surface area contributed by atoms with Crippen molar-refractivity contribution in [3.63, 3.8) is 0 Å². The van der Waals surface area contributed by atoms with Crippen molar-refractivity contribution in [1.29, 1.82) is 0 Å².